The largest absolute Gasteiger partial charge is 0.456 e. The van der Waals surface area contributed by atoms with Gasteiger partial charge in [0.25, 0.3) is 0 Å². The van der Waals surface area contributed by atoms with Gasteiger partial charge in [-0.05, 0) is 88.0 Å². The Morgan fingerprint density at radius 3 is 1.44 bits per heavy atom. The molecule has 0 bridgehead atoms. The molecule has 0 unspecified atom stereocenters. The van der Waals surface area contributed by atoms with Gasteiger partial charge < -0.3 is 13.6 Å². The summed E-state index contributed by atoms with van der Waals surface area (Å²) in [5, 5.41) is 7.15. The summed E-state index contributed by atoms with van der Waals surface area (Å²) in [6, 6.07) is 74.4. The maximum absolute atomic E-state index is 6.61. The van der Waals surface area contributed by atoms with E-state index in [0.717, 1.165) is 55.5 Å². The molecule has 0 aliphatic carbocycles. The van der Waals surface area contributed by atoms with Gasteiger partial charge in [-0.15, -0.1) is 0 Å². The molecule has 12 rings (SSSR count). The summed E-state index contributed by atoms with van der Waals surface area (Å²) in [6.45, 7) is 0. The van der Waals surface area contributed by atoms with Crippen LogP contribution in [0.15, 0.2) is 211 Å². The predicted molar refractivity (Wildman–Crippen MR) is 239 cm³/mol. The van der Waals surface area contributed by atoms with Crippen LogP contribution in [0.3, 0.4) is 0 Å². The van der Waals surface area contributed by atoms with E-state index in [9.17, 15) is 0 Å². The van der Waals surface area contributed by atoms with Gasteiger partial charge in [-0.2, -0.15) is 0 Å². The van der Waals surface area contributed by atoms with Crippen molar-refractivity contribution in [2.45, 2.75) is 0 Å². The van der Waals surface area contributed by atoms with Crippen LogP contribution < -0.4 is 0 Å². The molecule has 0 saturated heterocycles. The first-order valence-corrected chi connectivity index (χ1v) is 19.5. The first kappa shape index (κ1) is 31.7. The molecule has 0 aliphatic heterocycles. The Bertz CT molecular complexity index is 3490. The third-order valence-electron chi connectivity index (χ3n) is 11.7. The van der Waals surface area contributed by atoms with E-state index in [1.807, 2.05) is 6.07 Å². The Morgan fingerprint density at radius 2 is 0.789 bits per heavy atom. The Labute approximate surface area is 328 Å². The summed E-state index contributed by atoms with van der Waals surface area (Å²) in [4.78, 5) is 0. The molecule has 0 spiro atoms. The Kier molecular flexibility index (Phi) is 6.93. The molecule has 0 atom stereocenters. The molecule has 0 N–H and O–H groups in total. The third kappa shape index (κ3) is 4.79. The molecule has 0 amide bonds. The first-order chi connectivity index (χ1) is 28.3. The lowest BCUT2D eigenvalue weighted by Gasteiger charge is -2.13. The summed E-state index contributed by atoms with van der Waals surface area (Å²) in [6.07, 6.45) is 0. The van der Waals surface area contributed by atoms with Crippen LogP contribution >= 0.6 is 0 Å². The number of furan rings is 1. The summed E-state index contributed by atoms with van der Waals surface area (Å²) >= 11 is 0. The maximum atomic E-state index is 6.61. The van der Waals surface area contributed by atoms with Gasteiger partial charge in [0, 0.05) is 32.6 Å². The molecule has 0 aliphatic rings. The summed E-state index contributed by atoms with van der Waals surface area (Å²) in [5.74, 6) is 0. The summed E-state index contributed by atoms with van der Waals surface area (Å²) in [5.41, 5.74) is 15.8. The normalized spacial score (nSPS) is 11.9. The zero-order valence-corrected chi connectivity index (χ0v) is 30.9. The monoisotopic (exact) mass is 726 g/mol. The van der Waals surface area contributed by atoms with Gasteiger partial charge in [-0.3, -0.25) is 0 Å². The SMILES string of the molecule is c1ccc(-c2ccc(-n3c4ccccc4c4c(-c5cccc6c5c5ccccc5n6-c5cc(-c6ccccc6)cc6oc7ccccc7c56)cccc43)cc2)cc1. The van der Waals surface area contributed by atoms with Crippen LogP contribution in [0.2, 0.25) is 0 Å². The fourth-order valence-electron chi connectivity index (χ4n) is 9.27. The van der Waals surface area contributed by atoms with Crippen molar-refractivity contribution in [3.05, 3.63) is 206 Å². The molecule has 3 heterocycles. The predicted octanol–water partition coefficient (Wildman–Crippen LogP) is 14.8. The molecule has 3 heteroatoms. The minimum Gasteiger partial charge on any atom is -0.456 e. The molecule has 0 radical (unpaired) electrons. The smallest absolute Gasteiger partial charge is 0.138 e. The Hall–Kier alpha value is -7.62. The second kappa shape index (κ2) is 12.5. The number of benzene rings is 9. The highest BCUT2D eigenvalue weighted by Gasteiger charge is 2.23. The number of aromatic nitrogens is 2. The van der Waals surface area contributed by atoms with E-state index in [0.29, 0.717) is 0 Å². The highest BCUT2D eigenvalue weighted by atomic mass is 16.3. The molecule has 0 saturated carbocycles. The molecular weight excluding hydrogens is 693 g/mol. The van der Waals surface area contributed by atoms with Crippen molar-refractivity contribution >= 4 is 65.6 Å². The minimum atomic E-state index is 0.879. The van der Waals surface area contributed by atoms with Crippen molar-refractivity contribution in [1.82, 2.24) is 9.13 Å². The van der Waals surface area contributed by atoms with Crippen molar-refractivity contribution in [1.29, 1.82) is 0 Å². The zero-order chi connectivity index (χ0) is 37.5. The van der Waals surface area contributed by atoms with E-state index < -0.39 is 0 Å². The van der Waals surface area contributed by atoms with E-state index in [-0.39, 0.29) is 0 Å². The summed E-state index contributed by atoms with van der Waals surface area (Å²) < 4.78 is 11.5. The number of hydrogen-bond donors (Lipinski definition) is 0. The zero-order valence-electron chi connectivity index (χ0n) is 30.9. The van der Waals surface area contributed by atoms with E-state index in [2.05, 4.69) is 209 Å². The third-order valence-corrected chi connectivity index (χ3v) is 11.7. The van der Waals surface area contributed by atoms with Crippen LogP contribution in [0.4, 0.5) is 0 Å². The number of rotatable bonds is 5. The minimum absolute atomic E-state index is 0.879. The number of hydrogen-bond acceptors (Lipinski definition) is 1. The fraction of sp³-hybridized carbons (Fsp3) is 0. The lowest BCUT2D eigenvalue weighted by atomic mass is 9.95. The lowest BCUT2D eigenvalue weighted by Crippen LogP contribution is -1.96. The van der Waals surface area contributed by atoms with Crippen LogP contribution in [0, 0.1) is 0 Å². The Morgan fingerprint density at radius 1 is 0.298 bits per heavy atom. The maximum Gasteiger partial charge on any atom is 0.138 e. The van der Waals surface area contributed by atoms with Gasteiger partial charge in [0.2, 0.25) is 0 Å². The van der Waals surface area contributed by atoms with Crippen LogP contribution in [-0.4, -0.2) is 9.13 Å². The van der Waals surface area contributed by atoms with E-state index in [4.69, 9.17) is 4.42 Å². The molecule has 266 valence electrons. The van der Waals surface area contributed by atoms with Gasteiger partial charge in [0.1, 0.15) is 11.2 Å². The fourth-order valence-corrected chi connectivity index (χ4v) is 9.27. The van der Waals surface area contributed by atoms with Crippen LogP contribution in [0.25, 0.3) is 110 Å². The van der Waals surface area contributed by atoms with Gasteiger partial charge in [-0.25, -0.2) is 0 Å². The van der Waals surface area contributed by atoms with E-state index in [1.165, 1.54) is 54.8 Å². The average molecular weight is 727 g/mol. The molecule has 12 aromatic rings. The molecular formula is C54H34N2O. The molecule has 0 fully saturated rings. The Balaban J connectivity index is 1.14. The molecule has 57 heavy (non-hydrogen) atoms. The molecule has 3 nitrogen and oxygen atoms in total. The average Bonchev–Trinajstić information content (AvgIpc) is 3.95. The molecule has 9 aromatic carbocycles. The van der Waals surface area contributed by atoms with Crippen LogP contribution in [-0.2, 0) is 0 Å². The van der Waals surface area contributed by atoms with Crippen molar-refractivity contribution in [2.75, 3.05) is 0 Å². The highest BCUT2D eigenvalue weighted by Crippen LogP contribution is 2.46. The second-order valence-electron chi connectivity index (χ2n) is 14.9. The standard InChI is InChI=1S/C54H34N2O/c1-3-15-35(16-4-1)37-29-31-39(32-30-37)55-45-24-10-7-19-42(45)52-40(22-13-26-47(52)55)41-23-14-27-48-53(41)43-20-8-11-25-46(43)56(48)49-33-38(36-17-5-2-6-18-36)34-51-54(49)44-21-9-12-28-50(44)57-51/h1-34H. The van der Waals surface area contributed by atoms with E-state index in [1.54, 1.807) is 0 Å². The van der Waals surface area contributed by atoms with Gasteiger partial charge in [0.15, 0.2) is 0 Å². The number of para-hydroxylation sites is 3. The van der Waals surface area contributed by atoms with Gasteiger partial charge >= 0.3 is 0 Å². The van der Waals surface area contributed by atoms with Crippen molar-refractivity contribution in [2.24, 2.45) is 0 Å². The quantitative estimate of drug-likeness (QED) is 0.173. The van der Waals surface area contributed by atoms with Gasteiger partial charge in [0.05, 0.1) is 33.1 Å². The van der Waals surface area contributed by atoms with Crippen molar-refractivity contribution < 1.29 is 4.42 Å². The topological polar surface area (TPSA) is 23.0 Å². The van der Waals surface area contributed by atoms with Crippen molar-refractivity contribution in [3.8, 4) is 44.8 Å². The molecule has 3 aromatic heterocycles. The number of fused-ring (bicyclic) bond motifs is 9. The van der Waals surface area contributed by atoms with Crippen LogP contribution in [0.5, 0.6) is 0 Å². The lowest BCUT2D eigenvalue weighted by molar-refractivity contribution is 0.669. The summed E-state index contributed by atoms with van der Waals surface area (Å²) in [7, 11) is 0. The number of nitrogens with zero attached hydrogens (tertiary/aromatic N) is 2. The van der Waals surface area contributed by atoms with Crippen molar-refractivity contribution in [3.63, 3.8) is 0 Å². The van der Waals surface area contributed by atoms with E-state index >= 15 is 0 Å². The highest BCUT2D eigenvalue weighted by molar-refractivity contribution is 6.23. The van der Waals surface area contributed by atoms with Gasteiger partial charge in [-0.1, -0.05) is 152 Å². The second-order valence-corrected chi connectivity index (χ2v) is 14.9. The first-order valence-electron chi connectivity index (χ1n) is 19.5. The van der Waals surface area contributed by atoms with Crippen LogP contribution in [0.1, 0.15) is 0 Å².